The quantitative estimate of drug-likeness (QED) is 0.147. The van der Waals surface area contributed by atoms with Crippen LogP contribution in [-0.4, -0.2) is 0 Å². The molecular formula is C80H60N2. The lowest BCUT2D eigenvalue weighted by Crippen LogP contribution is -2.18. The van der Waals surface area contributed by atoms with Crippen molar-refractivity contribution in [1.29, 1.82) is 0 Å². The van der Waals surface area contributed by atoms with E-state index in [1.54, 1.807) is 0 Å². The van der Waals surface area contributed by atoms with Gasteiger partial charge in [-0.25, -0.2) is 0 Å². The second kappa shape index (κ2) is 15.4. The van der Waals surface area contributed by atoms with Gasteiger partial charge in [0.15, 0.2) is 0 Å². The van der Waals surface area contributed by atoms with Crippen LogP contribution in [0.2, 0.25) is 0 Å². The molecule has 14 aromatic carbocycles. The SMILES string of the molecule is CC1(C)c2cccc3ccc4cc(N(c5ccc(-c6ccc(N(c7cc8c9c(ccc%10cccc(c%109)C8(C)C)c7)c7cc8c9c(ccc%10cccc(c%109)C8(C)C)c7)cc6)cc5)c5cc6c7c(ccc8cccc(c87)C6(C)C)c5)cc1c4c23. The van der Waals surface area contributed by atoms with Crippen molar-refractivity contribution < 1.29 is 0 Å². The van der Waals surface area contributed by atoms with Crippen LogP contribution in [0.3, 0.4) is 0 Å². The summed E-state index contributed by atoms with van der Waals surface area (Å²) in [6, 6.07) is 84.5. The molecule has 0 heterocycles. The molecule has 0 unspecified atom stereocenters. The van der Waals surface area contributed by atoms with E-state index >= 15 is 0 Å². The highest BCUT2D eigenvalue weighted by Crippen LogP contribution is 2.57. The zero-order valence-corrected chi connectivity index (χ0v) is 47.7. The zero-order valence-electron chi connectivity index (χ0n) is 47.7. The van der Waals surface area contributed by atoms with Gasteiger partial charge in [-0.1, -0.05) is 201 Å². The molecule has 0 saturated carbocycles. The van der Waals surface area contributed by atoms with Gasteiger partial charge in [-0.05, 0) is 215 Å². The Morgan fingerprint density at radius 1 is 0.195 bits per heavy atom. The highest BCUT2D eigenvalue weighted by molar-refractivity contribution is 6.20. The smallest absolute Gasteiger partial charge is 0.0471 e. The Morgan fingerprint density at radius 2 is 0.415 bits per heavy atom. The molecule has 0 atom stereocenters. The summed E-state index contributed by atoms with van der Waals surface area (Å²) in [5.74, 6) is 0. The molecule has 82 heavy (non-hydrogen) atoms. The van der Waals surface area contributed by atoms with Crippen LogP contribution >= 0.6 is 0 Å². The molecule has 0 spiro atoms. The summed E-state index contributed by atoms with van der Waals surface area (Å²) in [4.78, 5) is 5.06. The second-order valence-corrected chi connectivity index (χ2v) is 26.5. The minimum Gasteiger partial charge on any atom is -0.310 e. The van der Waals surface area contributed by atoms with Gasteiger partial charge >= 0.3 is 0 Å². The third kappa shape index (κ3) is 5.84. The molecule has 4 aliphatic rings. The molecule has 0 saturated heterocycles. The van der Waals surface area contributed by atoms with E-state index in [1.807, 2.05) is 0 Å². The Morgan fingerprint density at radius 3 is 0.659 bits per heavy atom. The van der Waals surface area contributed by atoms with Crippen LogP contribution in [0, 0.1) is 0 Å². The molecule has 14 aromatic rings. The lowest BCUT2D eigenvalue weighted by molar-refractivity contribution is 0.662. The predicted octanol–water partition coefficient (Wildman–Crippen LogP) is 22.1. The van der Waals surface area contributed by atoms with E-state index in [1.165, 1.54) is 165 Å². The summed E-state index contributed by atoms with van der Waals surface area (Å²) in [6.45, 7) is 19.3. The second-order valence-electron chi connectivity index (χ2n) is 26.5. The Balaban J connectivity index is 0.782. The number of rotatable bonds is 7. The molecule has 4 aliphatic carbocycles. The maximum absolute atomic E-state index is 2.53. The molecule has 0 fully saturated rings. The van der Waals surface area contributed by atoms with Gasteiger partial charge in [0, 0.05) is 55.8 Å². The molecule has 0 aliphatic heterocycles. The summed E-state index contributed by atoms with van der Waals surface area (Å²) in [5.41, 5.74) is 19.9. The van der Waals surface area contributed by atoms with Crippen molar-refractivity contribution in [3.05, 3.63) is 263 Å². The van der Waals surface area contributed by atoms with Crippen LogP contribution in [0.15, 0.2) is 218 Å². The summed E-state index contributed by atoms with van der Waals surface area (Å²) < 4.78 is 0. The highest BCUT2D eigenvalue weighted by Gasteiger charge is 2.40. The highest BCUT2D eigenvalue weighted by atomic mass is 15.1. The maximum Gasteiger partial charge on any atom is 0.0471 e. The largest absolute Gasteiger partial charge is 0.310 e. The number of benzene rings is 14. The molecule has 2 nitrogen and oxygen atoms in total. The first-order valence-electron chi connectivity index (χ1n) is 29.5. The van der Waals surface area contributed by atoms with E-state index in [-0.39, 0.29) is 21.7 Å². The molecular weight excluding hydrogens is 989 g/mol. The van der Waals surface area contributed by atoms with Gasteiger partial charge < -0.3 is 9.80 Å². The number of anilines is 6. The first-order valence-corrected chi connectivity index (χ1v) is 29.5. The molecule has 0 bridgehead atoms. The van der Waals surface area contributed by atoms with Crippen LogP contribution in [-0.2, 0) is 21.7 Å². The summed E-state index contributed by atoms with van der Waals surface area (Å²) in [7, 11) is 0. The molecule has 0 amide bonds. The van der Waals surface area contributed by atoms with Gasteiger partial charge in [-0.2, -0.15) is 0 Å². The van der Waals surface area contributed by atoms with Crippen molar-refractivity contribution in [2.75, 3.05) is 9.80 Å². The first kappa shape index (κ1) is 46.5. The van der Waals surface area contributed by atoms with Crippen molar-refractivity contribution in [1.82, 2.24) is 0 Å². The van der Waals surface area contributed by atoms with Crippen molar-refractivity contribution in [3.63, 3.8) is 0 Å². The Labute approximate surface area is 478 Å². The standard InChI is InChI=1S/C80H60N2/c1-77(2)61-17-9-13-47-21-25-51-37-57(41-65(77)73(51)69(47)61)81(58-38-52-26-22-48-14-10-18-62-70(48)74(52)66(42-58)78(62,3)4)55-33-29-45(30-34-55)46-31-35-56(36-32-46)82(59-39-53-27-23-49-15-11-19-63-71(49)75(53)67(43-59)79(63,5)6)60-40-54-28-24-50-16-12-20-64-72(50)76(54)68(44-60)80(64,7)8/h9-44H,1-8H3. The van der Waals surface area contributed by atoms with Gasteiger partial charge in [0.1, 0.15) is 0 Å². The third-order valence-electron chi connectivity index (χ3n) is 20.8. The first-order chi connectivity index (χ1) is 39.6. The lowest BCUT2D eigenvalue weighted by Gasteiger charge is -2.30. The minimum atomic E-state index is -0.150. The molecule has 0 radical (unpaired) electrons. The van der Waals surface area contributed by atoms with Gasteiger partial charge in [-0.3, -0.25) is 0 Å². The monoisotopic (exact) mass is 1050 g/mol. The number of hydrogen-bond donors (Lipinski definition) is 0. The average Bonchev–Trinajstić information content (AvgIpc) is 3.95. The summed E-state index contributed by atoms with van der Waals surface area (Å²) in [5, 5.41) is 21.6. The summed E-state index contributed by atoms with van der Waals surface area (Å²) >= 11 is 0. The van der Waals surface area contributed by atoms with Crippen LogP contribution in [0.4, 0.5) is 34.1 Å². The normalized spacial score (nSPS) is 16.0. The van der Waals surface area contributed by atoms with E-state index < -0.39 is 0 Å². The fourth-order valence-electron chi connectivity index (χ4n) is 16.6. The topological polar surface area (TPSA) is 6.48 Å². The van der Waals surface area contributed by atoms with E-state index in [9.17, 15) is 0 Å². The fraction of sp³-hybridized carbons (Fsp3) is 0.150. The molecule has 0 aromatic heterocycles. The third-order valence-corrected chi connectivity index (χ3v) is 20.8. The average molecular weight is 1050 g/mol. The van der Waals surface area contributed by atoms with E-state index in [0.717, 1.165) is 11.4 Å². The molecule has 0 N–H and O–H groups in total. The van der Waals surface area contributed by atoms with Gasteiger partial charge in [0.25, 0.3) is 0 Å². The minimum absolute atomic E-state index is 0.150. The van der Waals surface area contributed by atoms with Gasteiger partial charge in [0.2, 0.25) is 0 Å². The van der Waals surface area contributed by atoms with Crippen LogP contribution in [0.5, 0.6) is 0 Å². The van der Waals surface area contributed by atoms with Gasteiger partial charge in [0.05, 0.1) is 0 Å². The Hall–Kier alpha value is -9.24. The van der Waals surface area contributed by atoms with Crippen LogP contribution < -0.4 is 9.80 Å². The van der Waals surface area contributed by atoms with E-state index in [2.05, 4.69) is 284 Å². The fourth-order valence-corrected chi connectivity index (χ4v) is 16.6. The van der Waals surface area contributed by atoms with Crippen molar-refractivity contribution in [2.45, 2.75) is 77.0 Å². The molecule has 18 rings (SSSR count). The van der Waals surface area contributed by atoms with Crippen molar-refractivity contribution in [3.8, 4) is 11.1 Å². The predicted molar refractivity (Wildman–Crippen MR) is 350 cm³/mol. The molecule has 2 heteroatoms. The number of hydrogen-bond acceptors (Lipinski definition) is 2. The lowest BCUT2D eigenvalue weighted by atomic mass is 9.81. The Kier molecular flexibility index (Phi) is 8.73. The van der Waals surface area contributed by atoms with E-state index in [0.29, 0.717) is 0 Å². The summed E-state index contributed by atoms with van der Waals surface area (Å²) in [6.07, 6.45) is 0. The van der Waals surface area contributed by atoms with E-state index in [4.69, 9.17) is 0 Å². The maximum atomic E-state index is 2.53. The van der Waals surface area contributed by atoms with Crippen molar-refractivity contribution >= 4 is 120 Å². The molecule has 390 valence electrons. The Bertz CT molecular complexity index is 4650. The van der Waals surface area contributed by atoms with Crippen molar-refractivity contribution in [2.24, 2.45) is 0 Å². The van der Waals surface area contributed by atoms with Crippen LogP contribution in [0.1, 0.15) is 99.9 Å². The van der Waals surface area contributed by atoms with Crippen LogP contribution in [0.25, 0.3) is 97.3 Å². The number of nitrogens with zero attached hydrogens (tertiary/aromatic N) is 2. The van der Waals surface area contributed by atoms with Gasteiger partial charge in [-0.15, -0.1) is 0 Å². The zero-order chi connectivity index (χ0) is 55.1.